The molecule has 88 valence electrons. The molecule has 0 N–H and O–H groups in total. The Morgan fingerprint density at radius 3 is 2.62 bits per heavy atom. The van der Waals surface area contributed by atoms with Gasteiger partial charge < -0.3 is 9.53 Å². The van der Waals surface area contributed by atoms with Gasteiger partial charge in [0, 0.05) is 6.42 Å². The van der Waals surface area contributed by atoms with Crippen molar-refractivity contribution < 1.29 is 22.7 Å². The van der Waals surface area contributed by atoms with Crippen LogP contribution in [0.25, 0.3) is 0 Å². The summed E-state index contributed by atoms with van der Waals surface area (Å²) in [4.78, 5) is 10.3. The fourth-order valence-corrected chi connectivity index (χ4v) is 1.53. The maximum Gasteiger partial charge on any atom is 0.422 e. The molecule has 0 amide bonds. The summed E-state index contributed by atoms with van der Waals surface area (Å²) in [6, 6.07) is 4.74. The van der Waals surface area contributed by atoms with Crippen LogP contribution in [0, 0.1) is 3.57 Å². The first-order chi connectivity index (χ1) is 7.42. The summed E-state index contributed by atoms with van der Waals surface area (Å²) in [6.07, 6.45) is -3.50. The Balaban J connectivity index is 2.77. The standard InChI is InChI=1S/C10H8F3IO2/c11-10(12,13)6-16-9-5-7(3-4-15)1-2-8(9)14/h1-2,4-5H,3,6H2. The Hall–Kier alpha value is -0.790. The van der Waals surface area contributed by atoms with E-state index in [-0.39, 0.29) is 12.2 Å². The molecule has 0 aromatic heterocycles. The van der Waals surface area contributed by atoms with E-state index in [4.69, 9.17) is 0 Å². The maximum absolute atomic E-state index is 11.9. The molecule has 0 aliphatic carbocycles. The van der Waals surface area contributed by atoms with Gasteiger partial charge in [-0.2, -0.15) is 13.2 Å². The van der Waals surface area contributed by atoms with Gasteiger partial charge in [0.1, 0.15) is 12.0 Å². The molecule has 0 heterocycles. The van der Waals surface area contributed by atoms with E-state index in [0.717, 1.165) is 0 Å². The smallest absolute Gasteiger partial charge is 0.422 e. The molecule has 6 heteroatoms. The molecule has 0 bridgehead atoms. The molecule has 1 aromatic carbocycles. The Morgan fingerprint density at radius 1 is 1.38 bits per heavy atom. The van der Waals surface area contributed by atoms with E-state index in [1.54, 1.807) is 12.1 Å². The Bertz CT molecular complexity index is 377. The normalized spacial score (nSPS) is 11.2. The number of hydrogen-bond donors (Lipinski definition) is 0. The Labute approximate surface area is 104 Å². The molecule has 0 radical (unpaired) electrons. The van der Waals surface area contributed by atoms with E-state index in [2.05, 4.69) is 4.74 Å². The van der Waals surface area contributed by atoms with Crippen LogP contribution in [-0.4, -0.2) is 19.1 Å². The SMILES string of the molecule is O=CCc1ccc(I)c(OCC(F)(F)F)c1. The third-order valence-corrected chi connectivity index (χ3v) is 2.60. The van der Waals surface area contributed by atoms with E-state index in [1.807, 2.05) is 22.6 Å². The van der Waals surface area contributed by atoms with Crippen LogP contribution in [0.15, 0.2) is 18.2 Å². The number of rotatable bonds is 4. The molecule has 1 rings (SSSR count). The summed E-state index contributed by atoms with van der Waals surface area (Å²) in [6.45, 7) is -1.33. The van der Waals surface area contributed by atoms with E-state index in [9.17, 15) is 18.0 Å². The number of aldehydes is 1. The molecule has 16 heavy (non-hydrogen) atoms. The van der Waals surface area contributed by atoms with Crippen molar-refractivity contribution in [3.63, 3.8) is 0 Å². The first kappa shape index (κ1) is 13.3. The predicted molar refractivity (Wildman–Crippen MR) is 60.5 cm³/mol. The Kier molecular flexibility index (Phi) is 4.57. The number of benzene rings is 1. The maximum atomic E-state index is 11.9. The summed E-state index contributed by atoms with van der Waals surface area (Å²) in [5.41, 5.74) is 0.632. The van der Waals surface area contributed by atoms with Gasteiger partial charge in [-0.15, -0.1) is 0 Å². The lowest BCUT2D eigenvalue weighted by molar-refractivity contribution is -0.153. The van der Waals surface area contributed by atoms with Crippen LogP contribution in [0.3, 0.4) is 0 Å². The van der Waals surface area contributed by atoms with Crippen molar-refractivity contribution in [1.29, 1.82) is 0 Å². The second-order valence-corrected chi connectivity index (χ2v) is 4.20. The molecule has 0 spiro atoms. The van der Waals surface area contributed by atoms with Gasteiger partial charge in [0.05, 0.1) is 3.57 Å². The molecule has 0 aliphatic heterocycles. The van der Waals surface area contributed by atoms with Crippen molar-refractivity contribution in [2.45, 2.75) is 12.6 Å². The van der Waals surface area contributed by atoms with E-state index < -0.39 is 12.8 Å². The lowest BCUT2D eigenvalue weighted by Gasteiger charge is -2.11. The largest absolute Gasteiger partial charge is 0.483 e. The molecule has 0 saturated heterocycles. The number of alkyl halides is 3. The summed E-state index contributed by atoms with van der Waals surface area (Å²) in [7, 11) is 0. The van der Waals surface area contributed by atoms with Crippen LogP contribution in [-0.2, 0) is 11.2 Å². The van der Waals surface area contributed by atoms with Crippen LogP contribution in [0.5, 0.6) is 5.75 Å². The highest BCUT2D eigenvalue weighted by atomic mass is 127. The summed E-state index contributed by atoms with van der Waals surface area (Å²) >= 11 is 1.88. The average Bonchev–Trinajstić information content (AvgIpc) is 2.18. The molecule has 2 nitrogen and oxygen atoms in total. The number of halogens is 4. The zero-order valence-electron chi connectivity index (χ0n) is 8.05. The van der Waals surface area contributed by atoms with E-state index >= 15 is 0 Å². The molecule has 0 unspecified atom stereocenters. The van der Waals surface area contributed by atoms with Crippen molar-refractivity contribution in [3.8, 4) is 5.75 Å². The van der Waals surface area contributed by atoms with Crippen LogP contribution in [0.1, 0.15) is 5.56 Å². The van der Waals surface area contributed by atoms with Crippen LogP contribution in [0.4, 0.5) is 13.2 Å². The predicted octanol–water partition coefficient (Wildman–Crippen LogP) is 2.97. The summed E-state index contributed by atoms with van der Waals surface area (Å²) in [5, 5.41) is 0. The lowest BCUT2D eigenvalue weighted by Crippen LogP contribution is -2.19. The number of carbonyl (C=O) groups excluding carboxylic acids is 1. The highest BCUT2D eigenvalue weighted by Gasteiger charge is 2.28. The van der Waals surface area contributed by atoms with Gasteiger partial charge in [-0.25, -0.2) is 0 Å². The third kappa shape index (κ3) is 4.38. The van der Waals surface area contributed by atoms with Gasteiger partial charge >= 0.3 is 6.18 Å². The fraction of sp³-hybridized carbons (Fsp3) is 0.300. The van der Waals surface area contributed by atoms with Gasteiger partial charge in [-0.1, -0.05) is 6.07 Å². The second kappa shape index (κ2) is 5.51. The molecule has 0 fully saturated rings. The van der Waals surface area contributed by atoms with E-state index in [0.29, 0.717) is 15.4 Å². The molecule has 0 aliphatic rings. The highest BCUT2D eigenvalue weighted by molar-refractivity contribution is 14.1. The summed E-state index contributed by atoms with van der Waals surface area (Å²) < 4.78 is 41.0. The van der Waals surface area contributed by atoms with Crippen molar-refractivity contribution in [2.24, 2.45) is 0 Å². The third-order valence-electron chi connectivity index (χ3n) is 1.71. The first-order valence-corrected chi connectivity index (χ1v) is 5.42. The minimum atomic E-state index is -4.36. The minimum absolute atomic E-state index is 0.150. The number of ether oxygens (including phenoxy) is 1. The van der Waals surface area contributed by atoms with Gasteiger partial charge in [-0.3, -0.25) is 0 Å². The topological polar surface area (TPSA) is 26.3 Å². The van der Waals surface area contributed by atoms with Gasteiger partial charge in [0.15, 0.2) is 6.61 Å². The molecule has 1 aromatic rings. The van der Waals surface area contributed by atoms with Crippen molar-refractivity contribution in [2.75, 3.05) is 6.61 Å². The fourth-order valence-electron chi connectivity index (χ4n) is 1.04. The van der Waals surface area contributed by atoms with Crippen LogP contribution in [0.2, 0.25) is 0 Å². The minimum Gasteiger partial charge on any atom is -0.483 e. The van der Waals surface area contributed by atoms with Crippen molar-refractivity contribution in [3.05, 3.63) is 27.3 Å². The van der Waals surface area contributed by atoms with Gasteiger partial charge in [0.2, 0.25) is 0 Å². The molecule has 0 atom stereocenters. The lowest BCUT2D eigenvalue weighted by atomic mass is 10.1. The van der Waals surface area contributed by atoms with Gasteiger partial charge in [-0.05, 0) is 40.3 Å². The average molecular weight is 344 g/mol. The van der Waals surface area contributed by atoms with Crippen molar-refractivity contribution >= 4 is 28.9 Å². The van der Waals surface area contributed by atoms with Crippen molar-refractivity contribution in [1.82, 2.24) is 0 Å². The first-order valence-electron chi connectivity index (χ1n) is 4.34. The Morgan fingerprint density at radius 2 is 2.06 bits per heavy atom. The molecular formula is C10H8F3IO2. The van der Waals surface area contributed by atoms with Gasteiger partial charge in [0.25, 0.3) is 0 Å². The zero-order chi connectivity index (χ0) is 12.2. The van der Waals surface area contributed by atoms with E-state index in [1.165, 1.54) is 6.07 Å². The van der Waals surface area contributed by atoms with Crippen LogP contribution < -0.4 is 4.74 Å². The quantitative estimate of drug-likeness (QED) is 0.620. The highest BCUT2D eigenvalue weighted by Crippen LogP contribution is 2.25. The van der Waals surface area contributed by atoms with Crippen LogP contribution >= 0.6 is 22.6 Å². The molecular weight excluding hydrogens is 336 g/mol. The molecule has 0 saturated carbocycles. The monoisotopic (exact) mass is 344 g/mol. The number of carbonyl (C=O) groups is 1. The zero-order valence-corrected chi connectivity index (χ0v) is 10.2. The second-order valence-electron chi connectivity index (χ2n) is 3.04. The number of hydrogen-bond acceptors (Lipinski definition) is 2. The summed E-state index contributed by atoms with van der Waals surface area (Å²) in [5.74, 6) is 0.150.